The third kappa shape index (κ3) is 8.21. The largest absolute Gasteiger partial charge is 0.465 e. The summed E-state index contributed by atoms with van der Waals surface area (Å²) in [5.41, 5.74) is 9.78. The predicted octanol–water partition coefficient (Wildman–Crippen LogP) is 8.57. The van der Waals surface area contributed by atoms with Crippen molar-refractivity contribution in [2.24, 2.45) is 0 Å². The zero-order chi connectivity index (χ0) is 38.5. The minimum atomic E-state index is -1.24. The van der Waals surface area contributed by atoms with Crippen LogP contribution >= 0.6 is 11.8 Å². The Kier molecular flexibility index (Phi) is 10.6. The number of carbonyl (C=O) groups excluding carboxylic acids is 2. The minimum absolute atomic E-state index is 0.238. The average molecular weight is 753 g/mol. The Balaban J connectivity index is 1.11. The van der Waals surface area contributed by atoms with Gasteiger partial charge in [-0.15, -0.1) is 0 Å². The molecule has 12 nitrogen and oxygen atoms in total. The molecule has 0 saturated carbocycles. The van der Waals surface area contributed by atoms with Gasteiger partial charge in [-0.3, -0.25) is 14.5 Å². The van der Waals surface area contributed by atoms with Crippen LogP contribution in [0.15, 0.2) is 125 Å². The van der Waals surface area contributed by atoms with E-state index < -0.39 is 17.5 Å². The molecule has 0 bridgehead atoms. The molecule has 0 spiro atoms. The fourth-order valence-electron chi connectivity index (χ4n) is 6.71. The maximum absolute atomic E-state index is 13.8. The van der Waals surface area contributed by atoms with E-state index in [1.54, 1.807) is 36.4 Å². The van der Waals surface area contributed by atoms with Crippen molar-refractivity contribution in [1.29, 1.82) is 0 Å². The number of benzene rings is 4. The fourth-order valence-corrected chi connectivity index (χ4v) is 7.59. The third-order valence-electron chi connectivity index (χ3n) is 9.60. The number of pyridine rings is 1. The summed E-state index contributed by atoms with van der Waals surface area (Å²) in [5, 5.41) is 20.1. The van der Waals surface area contributed by atoms with Gasteiger partial charge >= 0.3 is 6.09 Å². The van der Waals surface area contributed by atoms with Gasteiger partial charge in [0, 0.05) is 51.1 Å². The van der Waals surface area contributed by atoms with Crippen molar-refractivity contribution >= 4 is 69.3 Å². The maximum atomic E-state index is 13.8. The molecule has 1 saturated heterocycles. The Morgan fingerprint density at radius 3 is 2.33 bits per heavy atom. The number of aromatic nitrogens is 3. The van der Waals surface area contributed by atoms with Crippen LogP contribution in [-0.4, -0.2) is 54.9 Å². The van der Waals surface area contributed by atoms with E-state index in [0.717, 1.165) is 26.4 Å². The van der Waals surface area contributed by atoms with Gasteiger partial charge < -0.3 is 26.8 Å². The summed E-state index contributed by atoms with van der Waals surface area (Å²) < 4.78 is 0. The number of anilines is 5. The van der Waals surface area contributed by atoms with E-state index in [-0.39, 0.29) is 24.8 Å². The van der Waals surface area contributed by atoms with Crippen LogP contribution in [0.25, 0.3) is 11.0 Å². The number of hydrogen-bond donors (Lipinski definition) is 5. The number of nitrogen functional groups attached to an aromatic ring is 1. The number of carbonyl (C=O) groups is 3. The quantitative estimate of drug-likeness (QED) is 0.0806. The number of amides is 3. The lowest BCUT2D eigenvalue weighted by Crippen LogP contribution is -2.56. The van der Waals surface area contributed by atoms with Gasteiger partial charge in [-0.25, -0.2) is 19.7 Å². The predicted molar refractivity (Wildman–Crippen MR) is 216 cm³/mol. The highest BCUT2D eigenvalue weighted by atomic mass is 32.2. The highest BCUT2D eigenvalue weighted by molar-refractivity contribution is 7.99. The van der Waals surface area contributed by atoms with Gasteiger partial charge in [0.15, 0.2) is 5.65 Å². The average Bonchev–Trinajstić information content (AvgIpc) is 3.62. The molecule has 1 atom stereocenters. The second-order valence-corrected chi connectivity index (χ2v) is 14.8. The van der Waals surface area contributed by atoms with E-state index in [0.29, 0.717) is 52.6 Å². The van der Waals surface area contributed by atoms with E-state index in [4.69, 9.17) is 10.7 Å². The van der Waals surface area contributed by atoms with Crippen molar-refractivity contribution in [3.05, 3.63) is 132 Å². The summed E-state index contributed by atoms with van der Waals surface area (Å²) in [4.78, 5) is 56.4. The van der Waals surface area contributed by atoms with Crippen LogP contribution in [0.3, 0.4) is 0 Å². The van der Waals surface area contributed by atoms with E-state index in [1.165, 1.54) is 23.0 Å². The van der Waals surface area contributed by atoms with Crippen molar-refractivity contribution in [3.8, 4) is 0 Å². The summed E-state index contributed by atoms with van der Waals surface area (Å²) in [5.74, 6) is 0.0569. The lowest BCUT2D eigenvalue weighted by molar-refractivity contribution is -0.125. The molecule has 1 fully saturated rings. The smallest absolute Gasteiger partial charge is 0.408 e. The van der Waals surface area contributed by atoms with Gasteiger partial charge in [0.05, 0.1) is 11.1 Å². The van der Waals surface area contributed by atoms with Gasteiger partial charge in [-0.1, -0.05) is 55.9 Å². The van der Waals surface area contributed by atoms with E-state index >= 15 is 0 Å². The van der Waals surface area contributed by atoms with Crippen LogP contribution in [-0.2, 0) is 11.2 Å². The second kappa shape index (κ2) is 15.9. The molecule has 0 radical (unpaired) electrons. The van der Waals surface area contributed by atoms with Gasteiger partial charge in [0.25, 0.3) is 11.8 Å². The monoisotopic (exact) mass is 752 g/mol. The minimum Gasteiger partial charge on any atom is -0.465 e. The molecule has 4 aromatic carbocycles. The molecule has 3 heterocycles. The van der Waals surface area contributed by atoms with Crippen molar-refractivity contribution in [2.75, 3.05) is 28.2 Å². The van der Waals surface area contributed by atoms with Crippen LogP contribution in [0.1, 0.15) is 54.2 Å². The van der Waals surface area contributed by atoms with Gasteiger partial charge in [-0.05, 0) is 103 Å². The number of likely N-dealkylation sites (tertiary alicyclic amines) is 1. The molecule has 278 valence electrons. The first-order valence-electron chi connectivity index (χ1n) is 17.9. The zero-order valence-corrected chi connectivity index (χ0v) is 31.1. The Bertz CT molecular complexity index is 2360. The maximum Gasteiger partial charge on any atom is 0.408 e. The molecular weight excluding hydrogens is 713 g/mol. The second-order valence-electron chi connectivity index (χ2n) is 13.7. The van der Waals surface area contributed by atoms with Crippen LogP contribution in [0.4, 0.5) is 33.4 Å². The Labute approximate surface area is 322 Å². The molecule has 13 heteroatoms. The zero-order valence-electron chi connectivity index (χ0n) is 30.3. The van der Waals surface area contributed by atoms with E-state index in [2.05, 4.69) is 39.8 Å². The molecular formula is C42H40N8O4S. The summed E-state index contributed by atoms with van der Waals surface area (Å²) in [7, 11) is 0. The number of nitrogens with one attached hydrogen (secondary N) is 3. The Morgan fingerprint density at radius 2 is 1.62 bits per heavy atom. The fraction of sp³-hybridized carbons (Fsp3) is 0.190. The highest BCUT2D eigenvalue weighted by Crippen LogP contribution is 2.38. The van der Waals surface area contributed by atoms with E-state index in [9.17, 15) is 19.5 Å². The number of nitrogens with two attached hydrogens (primary N) is 1. The summed E-state index contributed by atoms with van der Waals surface area (Å²) in [6.07, 6.45) is 1.60. The summed E-state index contributed by atoms with van der Waals surface area (Å²) >= 11 is 1.52. The highest BCUT2D eigenvalue weighted by Gasteiger charge is 2.50. The summed E-state index contributed by atoms with van der Waals surface area (Å²) in [6.45, 7) is 4.44. The van der Waals surface area contributed by atoms with E-state index in [1.807, 2.05) is 72.8 Å². The van der Waals surface area contributed by atoms with Crippen LogP contribution in [0.5, 0.6) is 0 Å². The summed E-state index contributed by atoms with van der Waals surface area (Å²) in [6, 6.07) is 33.1. The van der Waals surface area contributed by atoms with Crippen molar-refractivity contribution in [1.82, 2.24) is 19.9 Å². The molecule has 6 aromatic rings. The molecule has 55 heavy (non-hydrogen) atoms. The van der Waals surface area contributed by atoms with Crippen molar-refractivity contribution < 1.29 is 19.5 Å². The Morgan fingerprint density at radius 1 is 0.891 bits per heavy atom. The van der Waals surface area contributed by atoms with Crippen LogP contribution in [0.2, 0.25) is 0 Å². The normalized spacial score (nSPS) is 15.2. The molecule has 2 aromatic heterocycles. The molecule has 7 rings (SSSR count). The molecule has 1 aliphatic rings. The topological polar surface area (TPSA) is 175 Å². The van der Waals surface area contributed by atoms with Crippen molar-refractivity contribution in [3.63, 3.8) is 0 Å². The van der Waals surface area contributed by atoms with Crippen LogP contribution < -0.4 is 21.7 Å². The molecule has 3 amide bonds. The third-order valence-corrected chi connectivity index (χ3v) is 10.7. The van der Waals surface area contributed by atoms with Crippen molar-refractivity contribution in [2.45, 2.75) is 54.4 Å². The number of carboxylic acid groups (broad SMARTS) is 1. The van der Waals surface area contributed by atoms with Gasteiger partial charge in [0.2, 0.25) is 0 Å². The first-order chi connectivity index (χ1) is 26.6. The number of hydrogen-bond acceptors (Lipinski definition) is 9. The van der Waals surface area contributed by atoms with Gasteiger partial charge in [0.1, 0.15) is 17.7 Å². The lowest BCUT2D eigenvalue weighted by atomic mass is 9.87. The van der Waals surface area contributed by atoms with Crippen LogP contribution in [0, 0.1) is 0 Å². The first kappa shape index (κ1) is 36.9. The first-order valence-corrected chi connectivity index (χ1v) is 18.7. The number of nitrogens with zero attached hydrogens (tertiary/aromatic N) is 4. The van der Waals surface area contributed by atoms with Gasteiger partial charge in [-0.2, -0.15) is 0 Å². The molecule has 1 aliphatic heterocycles. The number of fused-ring (bicyclic) bond motifs is 1. The molecule has 6 N–H and O–H groups in total. The molecule has 1 unspecified atom stereocenters. The Hall–Kier alpha value is -6.47. The SMILES string of the molecule is CC(C)c1ccc2c(Nc3cc(C(=O)Nc4ccc(NC(=O)C5(Cc6ccccc6)CCCN5C(=O)O)cc4)ccc3Sc3ccc(N)cc3)ncnc2n1. The molecule has 0 aliphatic carbocycles. The number of rotatable bonds is 11. The lowest BCUT2D eigenvalue weighted by Gasteiger charge is -2.35. The standard InChI is InChI=1S/C42H40N8O4S/c1-26(2)34-19-18-33-37(48-34)44-25-45-38(33)49-35-23-28(9-20-36(35)55-32-16-10-29(43)11-17-32)39(51)46-30-12-14-31(15-13-30)47-40(52)42(21-6-22-50(42)41(53)54)24-27-7-4-3-5-8-27/h3-5,7-20,23,25-26H,6,21-22,24,43H2,1-2H3,(H,46,51)(H,47,52)(H,53,54)(H,44,45,48,49).